The van der Waals surface area contributed by atoms with Crippen molar-refractivity contribution in [2.24, 2.45) is 12.5 Å². The number of amides is 1. The number of aryl methyl sites for hydroxylation is 2. The first-order chi connectivity index (χ1) is 17.3. The van der Waals surface area contributed by atoms with Crippen LogP contribution in [0.3, 0.4) is 0 Å². The molecule has 1 amide bonds. The molecule has 3 aliphatic heterocycles. The molecule has 0 bridgehead atoms. The van der Waals surface area contributed by atoms with E-state index < -0.39 is 0 Å². The Morgan fingerprint density at radius 2 is 2.11 bits per heavy atom. The molecule has 36 heavy (non-hydrogen) atoms. The van der Waals surface area contributed by atoms with Crippen molar-refractivity contribution in [2.45, 2.75) is 39.4 Å². The molecule has 0 N–H and O–H groups in total. The van der Waals surface area contributed by atoms with Crippen LogP contribution >= 0.6 is 0 Å². The van der Waals surface area contributed by atoms with E-state index in [2.05, 4.69) is 48.6 Å². The number of anilines is 1. The molecule has 1 spiro atoms. The number of carbonyl (C=O) groups is 1. The number of carbonyl (C=O) groups excluding carboxylic acids is 1. The van der Waals surface area contributed by atoms with Crippen LogP contribution in [-0.2, 0) is 29.6 Å². The third kappa shape index (κ3) is 3.34. The molecule has 0 aliphatic carbocycles. The molecular weight excluding hydrogens is 452 g/mol. The van der Waals surface area contributed by atoms with Crippen molar-refractivity contribution in [1.82, 2.24) is 19.7 Å². The SMILES string of the molecule is C=CC(=O)N1CC2(CCN(c3nc4c(c(-c5c(C)ccc6cnn(C)c56)c3C#N)CO[C@@H](C)C4)C2)C1. The molecule has 8 nitrogen and oxygen atoms in total. The lowest BCUT2D eigenvalue weighted by Gasteiger charge is -2.47. The van der Waals surface area contributed by atoms with Crippen LogP contribution in [0.5, 0.6) is 0 Å². The summed E-state index contributed by atoms with van der Waals surface area (Å²) in [7, 11) is 1.95. The summed E-state index contributed by atoms with van der Waals surface area (Å²) in [5.74, 6) is 0.740. The fourth-order valence-electron chi connectivity index (χ4n) is 6.26. The van der Waals surface area contributed by atoms with Crippen molar-refractivity contribution in [3.63, 3.8) is 0 Å². The lowest BCUT2D eigenvalue weighted by atomic mass is 9.79. The van der Waals surface area contributed by atoms with Crippen LogP contribution in [0.15, 0.2) is 31.0 Å². The molecule has 5 heterocycles. The zero-order chi connectivity index (χ0) is 25.2. The number of hydrogen-bond acceptors (Lipinski definition) is 6. The third-order valence-corrected chi connectivity index (χ3v) is 8.11. The summed E-state index contributed by atoms with van der Waals surface area (Å²) in [6.07, 6.45) is 5.01. The van der Waals surface area contributed by atoms with Crippen LogP contribution in [0.4, 0.5) is 5.82 Å². The third-order valence-electron chi connectivity index (χ3n) is 8.11. The summed E-state index contributed by atoms with van der Waals surface area (Å²) in [6.45, 7) is 11.3. The van der Waals surface area contributed by atoms with Gasteiger partial charge in [0.1, 0.15) is 17.5 Å². The van der Waals surface area contributed by atoms with Crippen LogP contribution in [0.1, 0.15) is 35.7 Å². The van der Waals surface area contributed by atoms with E-state index in [9.17, 15) is 10.1 Å². The summed E-state index contributed by atoms with van der Waals surface area (Å²) in [6, 6.07) is 6.72. The van der Waals surface area contributed by atoms with E-state index in [-0.39, 0.29) is 17.4 Å². The molecule has 0 unspecified atom stereocenters. The van der Waals surface area contributed by atoms with Gasteiger partial charge in [0.15, 0.2) is 0 Å². The Morgan fingerprint density at radius 1 is 1.31 bits per heavy atom. The Balaban J connectivity index is 1.51. The van der Waals surface area contributed by atoms with Crippen molar-refractivity contribution in [3.8, 4) is 17.2 Å². The monoisotopic (exact) mass is 482 g/mol. The highest BCUT2D eigenvalue weighted by atomic mass is 16.5. The van der Waals surface area contributed by atoms with Crippen molar-refractivity contribution in [3.05, 3.63) is 53.4 Å². The van der Waals surface area contributed by atoms with Gasteiger partial charge >= 0.3 is 0 Å². The average molecular weight is 483 g/mol. The van der Waals surface area contributed by atoms with Crippen LogP contribution in [-0.4, -0.2) is 57.9 Å². The Kier molecular flexibility index (Phi) is 5.16. The first-order valence-electron chi connectivity index (χ1n) is 12.5. The summed E-state index contributed by atoms with van der Waals surface area (Å²) in [4.78, 5) is 21.3. The number of hydrogen-bond donors (Lipinski definition) is 0. The Bertz CT molecular complexity index is 1460. The number of rotatable bonds is 3. The number of benzene rings is 1. The van der Waals surface area contributed by atoms with Crippen molar-refractivity contribution in [2.75, 3.05) is 31.1 Å². The minimum Gasteiger partial charge on any atom is -0.373 e. The number of likely N-dealkylation sites (tertiary alicyclic amines) is 1. The zero-order valence-electron chi connectivity index (χ0n) is 21.0. The van der Waals surface area contributed by atoms with Crippen LogP contribution < -0.4 is 4.90 Å². The number of pyridine rings is 1. The summed E-state index contributed by atoms with van der Waals surface area (Å²) in [5, 5.41) is 16.1. The van der Waals surface area contributed by atoms with Gasteiger partial charge in [-0.05, 0) is 31.9 Å². The molecule has 184 valence electrons. The smallest absolute Gasteiger partial charge is 0.245 e. The quantitative estimate of drug-likeness (QED) is 0.531. The largest absolute Gasteiger partial charge is 0.373 e. The number of nitriles is 1. The molecular formula is C28H30N6O2. The van der Waals surface area contributed by atoms with E-state index in [4.69, 9.17) is 9.72 Å². The molecule has 3 aromatic rings. The van der Waals surface area contributed by atoms with Crippen LogP contribution in [0, 0.1) is 23.7 Å². The molecule has 2 saturated heterocycles. The van der Waals surface area contributed by atoms with E-state index in [1.165, 1.54) is 6.08 Å². The van der Waals surface area contributed by atoms with Gasteiger partial charge in [0.05, 0.1) is 30.1 Å². The molecule has 2 fully saturated rings. The highest BCUT2D eigenvalue weighted by molar-refractivity contribution is 5.99. The Labute approximate surface area is 210 Å². The highest BCUT2D eigenvalue weighted by Gasteiger charge is 2.49. The van der Waals surface area contributed by atoms with Crippen molar-refractivity contribution >= 4 is 22.6 Å². The molecule has 3 aliphatic rings. The normalized spacial score (nSPS) is 20.3. The van der Waals surface area contributed by atoms with Gasteiger partial charge in [-0.1, -0.05) is 18.7 Å². The van der Waals surface area contributed by atoms with Crippen LogP contribution in [0.2, 0.25) is 0 Å². The zero-order valence-corrected chi connectivity index (χ0v) is 21.0. The number of ether oxygens (including phenoxy) is 1. The average Bonchev–Trinajstić information content (AvgIpc) is 3.46. The predicted octanol–water partition coefficient (Wildman–Crippen LogP) is 3.50. The molecule has 1 atom stereocenters. The molecule has 1 aromatic carbocycles. The minimum atomic E-state index is -0.0142. The second-order valence-electron chi connectivity index (χ2n) is 10.6. The molecule has 0 radical (unpaired) electrons. The van der Waals surface area contributed by atoms with Gasteiger partial charge < -0.3 is 14.5 Å². The first kappa shape index (κ1) is 22.7. The fraction of sp³-hybridized carbons (Fsp3) is 0.429. The highest BCUT2D eigenvalue weighted by Crippen LogP contribution is 2.45. The number of aromatic nitrogens is 3. The van der Waals surface area contributed by atoms with Gasteiger partial charge in [-0.25, -0.2) is 4.98 Å². The number of fused-ring (bicyclic) bond motifs is 2. The molecule has 0 saturated carbocycles. The van der Waals surface area contributed by atoms with Crippen LogP contribution in [0.25, 0.3) is 22.0 Å². The van der Waals surface area contributed by atoms with Crippen molar-refractivity contribution in [1.29, 1.82) is 5.26 Å². The van der Waals surface area contributed by atoms with E-state index in [1.54, 1.807) is 0 Å². The van der Waals surface area contributed by atoms with Gasteiger partial charge in [0, 0.05) is 67.1 Å². The van der Waals surface area contributed by atoms with Gasteiger partial charge in [-0.3, -0.25) is 9.48 Å². The van der Waals surface area contributed by atoms with E-state index in [1.807, 2.05) is 22.8 Å². The maximum atomic E-state index is 12.0. The fourth-order valence-corrected chi connectivity index (χ4v) is 6.26. The summed E-state index contributed by atoms with van der Waals surface area (Å²) in [5.41, 5.74) is 6.73. The first-order valence-corrected chi connectivity index (χ1v) is 12.5. The van der Waals surface area contributed by atoms with Gasteiger partial charge in [0.25, 0.3) is 0 Å². The lowest BCUT2D eigenvalue weighted by Crippen LogP contribution is -2.59. The standard InChI is InChI=1S/C28H30N6O2/c1-5-23(35)34-15-28(16-34)8-9-33(14-28)27-20(11-29)25(21-13-36-18(3)10-22(21)31-27)24-17(2)6-7-19-12-30-32(4)26(19)24/h5-7,12,18H,1,8-10,13-16H2,2-4H3/t18-/m0/s1. The minimum absolute atomic E-state index is 0.0142. The van der Waals surface area contributed by atoms with Gasteiger partial charge in [0.2, 0.25) is 5.91 Å². The molecule has 2 aromatic heterocycles. The van der Waals surface area contributed by atoms with Gasteiger partial charge in [-0.15, -0.1) is 0 Å². The predicted molar refractivity (Wildman–Crippen MR) is 137 cm³/mol. The molecule has 6 rings (SSSR count). The second kappa shape index (κ2) is 8.17. The summed E-state index contributed by atoms with van der Waals surface area (Å²) >= 11 is 0. The van der Waals surface area contributed by atoms with E-state index in [0.717, 1.165) is 77.3 Å². The lowest BCUT2D eigenvalue weighted by molar-refractivity contribution is -0.136. The molecule has 8 heteroatoms. The Morgan fingerprint density at radius 3 is 2.86 bits per heavy atom. The van der Waals surface area contributed by atoms with E-state index in [0.29, 0.717) is 18.6 Å². The maximum Gasteiger partial charge on any atom is 0.245 e. The Hall–Kier alpha value is -3.70. The van der Waals surface area contributed by atoms with Crippen molar-refractivity contribution < 1.29 is 9.53 Å². The second-order valence-corrected chi connectivity index (χ2v) is 10.6. The van der Waals surface area contributed by atoms with Gasteiger partial charge in [-0.2, -0.15) is 10.4 Å². The summed E-state index contributed by atoms with van der Waals surface area (Å²) < 4.78 is 7.96. The number of nitrogens with zero attached hydrogens (tertiary/aromatic N) is 6. The maximum absolute atomic E-state index is 12.0. The van der Waals surface area contributed by atoms with E-state index >= 15 is 0 Å². The topological polar surface area (TPSA) is 87.3 Å².